The molecular weight excluding hydrogens is 466 g/mol. The highest BCUT2D eigenvalue weighted by Crippen LogP contribution is 2.34. The minimum atomic E-state index is -4.73. The standard InChI is InChI=1S/C22H14Cl2F3N3O2/c23-15-5-2-6-16(24)19(15)20-29-17-8-7-13(10-18(17)30-20)21(31)28-14-4-1-3-12(9-14)11-32-22(25,26)27/h1-10H,11H2,(H,28,31)(H,29,30). The maximum absolute atomic E-state index is 12.7. The Labute approximate surface area is 190 Å². The number of anilines is 1. The smallest absolute Gasteiger partial charge is 0.338 e. The van der Waals surface area contributed by atoms with Crippen LogP contribution in [0.5, 0.6) is 0 Å². The quantitative estimate of drug-likeness (QED) is 0.329. The molecule has 0 aliphatic heterocycles. The number of benzene rings is 3. The number of hydrogen-bond donors (Lipinski definition) is 2. The summed E-state index contributed by atoms with van der Waals surface area (Å²) in [4.78, 5) is 20.3. The second kappa shape index (κ2) is 8.82. The summed E-state index contributed by atoms with van der Waals surface area (Å²) >= 11 is 12.5. The number of imidazole rings is 1. The van der Waals surface area contributed by atoms with E-state index in [1.807, 2.05) is 0 Å². The van der Waals surface area contributed by atoms with E-state index in [-0.39, 0.29) is 5.56 Å². The molecule has 1 aromatic heterocycles. The van der Waals surface area contributed by atoms with Crippen molar-refractivity contribution in [3.8, 4) is 11.4 Å². The molecule has 1 heterocycles. The molecule has 5 nitrogen and oxygen atoms in total. The molecule has 32 heavy (non-hydrogen) atoms. The molecule has 10 heteroatoms. The Balaban J connectivity index is 1.55. The average Bonchev–Trinajstić information content (AvgIpc) is 3.14. The minimum Gasteiger partial charge on any atom is -0.338 e. The van der Waals surface area contributed by atoms with Gasteiger partial charge in [-0.3, -0.25) is 9.53 Å². The summed E-state index contributed by atoms with van der Waals surface area (Å²) in [7, 11) is 0. The molecule has 0 saturated heterocycles. The number of fused-ring (bicyclic) bond motifs is 1. The highest BCUT2D eigenvalue weighted by atomic mass is 35.5. The van der Waals surface area contributed by atoms with Gasteiger partial charge in [-0.15, -0.1) is 13.2 Å². The second-order valence-corrected chi connectivity index (χ2v) is 7.62. The summed E-state index contributed by atoms with van der Waals surface area (Å²) in [5.41, 5.74) is 2.69. The molecule has 0 aliphatic rings. The van der Waals surface area contributed by atoms with Crippen molar-refractivity contribution in [3.05, 3.63) is 81.8 Å². The third-order valence-electron chi connectivity index (χ3n) is 4.53. The number of ether oxygens (including phenoxy) is 1. The summed E-state index contributed by atoms with van der Waals surface area (Å²) in [6.45, 7) is -0.652. The maximum atomic E-state index is 12.7. The summed E-state index contributed by atoms with van der Waals surface area (Å²) in [5.74, 6) is 0.0261. The summed E-state index contributed by atoms with van der Waals surface area (Å²) in [6.07, 6.45) is -4.73. The third kappa shape index (κ3) is 5.04. The van der Waals surface area contributed by atoms with Crippen molar-refractivity contribution in [1.82, 2.24) is 9.97 Å². The van der Waals surface area contributed by atoms with Gasteiger partial charge in [0.2, 0.25) is 0 Å². The fourth-order valence-electron chi connectivity index (χ4n) is 3.10. The monoisotopic (exact) mass is 479 g/mol. The zero-order chi connectivity index (χ0) is 22.9. The first-order valence-electron chi connectivity index (χ1n) is 9.25. The predicted octanol–water partition coefficient (Wildman–Crippen LogP) is 6.83. The molecule has 3 aromatic carbocycles. The van der Waals surface area contributed by atoms with Gasteiger partial charge in [-0.05, 0) is 48.0 Å². The highest BCUT2D eigenvalue weighted by molar-refractivity contribution is 6.39. The van der Waals surface area contributed by atoms with Gasteiger partial charge in [0.15, 0.2) is 0 Å². The molecule has 4 aromatic rings. The number of nitrogens with one attached hydrogen (secondary N) is 2. The number of hydrogen-bond acceptors (Lipinski definition) is 3. The van der Waals surface area contributed by atoms with Crippen LogP contribution in [0.1, 0.15) is 15.9 Å². The van der Waals surface area contributed by atoms with Gasteiger partial charge in [-0.25, -0.2) is 4.98 Å². The third-order valence-corrected chi connectivity index (χ3v) is 5.16. The van der Waals surface area contributed by atoms with E-state index >= 15 is 0 Å². The van der Waals surface area contributed by atoms with Crippen LogP contribution in [0.2, 0.25) is 10.0 Å². The Hall–Kier alpha value is -3.07. The number of H-pyrrole nitrogens is 1. The normalized spacial score (nSPS) is 11.7. The second-order valence-electron chi connectivity index (χ2n) is 6.80. The zero-order valence-electron chi connectivity index (χ0n) is 16.1. The van der Waals surface area contributed by atoms with Crippen LogP contribution >= 0.6 is 23.2 Å². The van der Waals surface area contributed by atoms with Gasteiger partial charge in [0, 0.05) is 11.3 Å². The van der Waals surface area contributed by atoms with Crippen LogP contribution in [0.25, 0.3) is 22.4 Å². The molecule has 0 saturated carbocycles. The van der Waals surface area contributed by atoms with E-state index in [4.69, 9.17) is 23.2 Å². The number of amides is 1. The molecule has 0 spiro atoms. The van der Waals surface area contributed by atoms with Crippen molar-refractivity contribution in [2.24, 2.45) is 0 Å². The maximum Gasteiger partial charge on any atom is 0.522 e. The molecule has 4 rings (SSSR count). The molecule has 0 radical (unpaired) electrons. The van der Waals surface area contributed by atoms with Gasteiger partial charge >= 0.3 is 6.36 Å². The minimum absolute atomic E-state index is 0.269. The van der Waals surface area contributed by atoms with E-state index in [1.54, 1.807) is 42.5 Å². The first kappa shape index (κ1) is 22.1. The Kier molecular flexibility index (Phi) is 6.10. The molecule has 0 aliphatic carbocycles. The van der Waals surface area contributed by atoms with Crippen LogP contribution < -0.4 is 5.32 Å². The fraction of sp³-hybridized carbons (Fsp3) is 0.0909. The van der Waals surface area contributed by atoms with Crippen molar-refractivity contribution in [3.63, 3.8) is 0 Å². The van der Waals surface area contributed by atoms with Crippen LogP contribution in [-0.2, 0) is 11.3 Å². The Morgan fingerprint density at radius 3 is 2.47 bits per heavy atom. The number of aromatic nitrogens is 2. The molecular formula is C22H14Cl2F3N3O2. The number of aromatic amines is 1. The summed E-state index contributed by atoms with van der Waals surface area (Å²) < 4.78 is 40.5. The molecule has 0 bridgehead atoms. The average molecular weight is 480 g/mol. The van der Waals surface area contributed by atoms with Crippen molar-refractivity contribution in [2.45, 2.75) is 13.0 Å². The van der Waals surface area contributed by atoms with Crippen LogP contribution in [-0.4, -0.2) is 22.2 Å². The largest absolute Gasteiger partial charge is 0.522 e. The van der Waals surface area contributed by atoms with E-state index in [2.05, 4.69) is 20.0 Å². The van der Waals surface area contributed by atoms with Gasteiger partial charge in [-0.1, -0.05) is 41.4 Å². The number of nitrogens with zero attached hydrogens (tertiary/aromatic N) is 1. The number of carbonyl (C=O) groups is 1. The zero-order valence-corrected chi connectivity index (χ0v) is 17.6. The van der Waals surface area contributed by atoms with E-state index in [0.29, 0.717) is 43.7 Å². The van der Waals surface area contributed by atoms with Crippen molar-refractivity contribution >= 4 is 45.8 Å². The summed E-state index contributed by atoms with van der Waals surface area (Å²) in [5, 5.41) is 3.53. The first-order chi connectivity index (χ1) is 15.2. The molecule has 1 amide bonds. The number of rotatable bonds is 5. The SMILES string of the molecule is O=C(Nc1cccc(COC(F)(F)F)c1)c1ccc2nc(-c3c(Cl)cccc3Cl)[nH]c2c1. The van der Waals surface area contributed by atoms with Gasteiger partial charge in [0.05, 0.1) is 33.2 Å². The van der Waals surface area contributed by atoms with Crippen molar-refractivity contribution < 1.29 is 22.7 Å². The van der Waals surface area contributed by atoms with E-state index in [9.17, 15) is 18.0 Å². The van der Waals surface area contributed by atoms with Gasteiger partial charge < -0.3 is 10.3 Å². The lowest BCUT2D eigenvalue weighted by atomic mass is 10.1. The van der Waals surface area contributed by atoms with Crippen LogP contribution in [0.3, 0.4) is 0 Å². The molecule has 2 N–H and O–H groups in total. The number of carbonyl (C=O) groups excluding carboxylic acids is 1. The molecule has 0 unspecified atom stereocenters. The van der Waals surface area contributed by atoms with E-state index in [0.717, 1.165) is 0 Å². The Morgan fingerprint density at radius 1 is 1.03 bits per heavy atom. The van der Waals surface area contributed by atoms with E-state index < -0.39 is 18.9 Å². The van der Waals surface area contributed by atoms with Crippen LogP contribution in [0.15, 0.2) is 60.7 Å². The first-order valence-corrected chi connectivity index (χ1v) is 10.0. The molecule has 164 valence electrons. The van der Waals surface area contributed by atoms with Gasteiger partial charge in [0.25, 0.3) is 5.91 Å². The van der Waals surface area contributed by atoms with Crippen LogP contribution in [0.4, 0.5) is 18.9 Å². The fourth-order valence-corrected chi connectivity index (χ4v) is 3.68. The lowest BCUT2D eigenvalue weighted by molar-refractivity contribution is -0.330. The van der Waals surface area contributed by atoms with E-state index in [1.165, 1.54) is 18.2 Å². The van der Waals surface area contributed by atoms with Gasteiger partial charge in [-0.2, -0.15) is 0 Å². The topological polar surface area (TPSA) is 67.0 Å². The lowest BCUT2D eigenvalue weighted by Gasteiger charge is -2.10. The van der Waals surface area contributed by atoms with Gasteiger partial charge in [0.1, 0.15) is 5.82 Å². The van der Waals surface area contributed by atoms with Crippen molar-refractivity contribution in [2.75, 3.05) is 5.32 Å². The van der Waals surface area contributed by atoms with Crippen LogP contribution in [0, 0.1) is 0 Å². The predicted molar refractivity (Wildman–Crippen MR) is 117 cm³/mol. The Bertz CT molecular complexity index is 1290. The highest BCUT2D eigenvalue weighted by Gasteiger charge is 2.28. The Morgan fingerprint density at radius 2 is 1.75 bits per heavy atom. The molecule has 0 atom stereocenters. The number of halogens is 5. The lowest BCUT2D eigenvalue weighted by Crippen LogP contribution is -2.14. The molecule has 0 fully saturated rings. The summed E-state index contributed by atoms with van der Waals surface area (Å²) in [6, 6.07) is 16.0. The van der Waals surface area contributed by atoms with Crippen molar-refractivity contribution in [1.29, 1.82) is 0 Å². The number of alkyl halides is 3.